The fourth-order valence-corrected chi connectivity index (χ4v) is 3.69. The zero-order chi connectivity index (χ0) is 20.2. The molecule has 0 aliphatic carbocycles. The molecule has 0 radical (unpaired) electrons. The Morgan fingerprint density at radius 3 is 2.59 bits per heavy atom. The van der Waals surface area contributed by atoms with E-state index in [-0.39, 0.29) is 16.8 Å². The minimum absolute atomic E-state index is 0.119. The van der Waals surface area contributed by atoms with Crippen LogP contribution in [0.15, 0.2) is 29.2 Å². The number of hydrogen-bond donors (Lipinski definition) is 1. The zero-order valence-corrected chi connectivity index (χ0v) is 17.1. The van der Waals surface area contributed by atoms with E-state index in [0.29, 0.717) is 18.7 Å². The summed E-state index contributed by atoms with van der Waals surface area (Å²) < 4.78 is 28.7. The minimum Gasteiger partial charge on any atom is -0.444 e. The van der Waals surface area contributed by atoms with Crippen molar-refractivity contribution in [3.8, 4) is 0 Å². The molecule has 2 amide bonds. The highest BCUT2D eigenvalue weighted by Gasteiger charge is 2.29. The van der Waals surface area contributed by atoms with Gasteiger partial charge in [0.25, 0.3) is 5.91 Å². The van der Waals surface area contributed by atoms with Crippen LogP contribution in [0.25, 0.3) is 0 Å². The van der Waals surface area contributed by atoms with Gasteiger partial charge < -0.3 is 15.0 Å². The summed E-state index contributed by atoms with van der Waals surface area (Å²) >= 11 is 0. The van der Waals surface area contributed by atoms with Gasteiger partial charge in [0.05, 0.1) is 4.90 Å². The molecule has 8 heteroatoms. The summed E-state index contributed by atoms with van der Waals surface area (Å²) in [6.45, 7) is 6.24. The highest BCUT2D eigenvalue weighted by molar-refractivity contribution is 7.90. The van der Waals surface area contributed by atoms with Gasteiger partial charge in [0.2, 0.25) is 0 Å². The van der Waals surface area contributed by atoms with Crippen molar-refractivity contribution in [3.63, 3.8) is 0 Å². The van der Waals surface area contributed by atoms with Crippen LogP contribution in [-0.2, 0) is 14.6 Å². The molecule has 150 valence electrons. The Morgan fingerprint density at radius 2 is 1.96 bits per heavy atom. The molecule has 0 bridgehead atoms. The van der Waals surface area contributed by atoms with Gasteiger partial charge in [-0.2, -0.15) is 0 Å². The van der Waals surface area contributed by atoms with Crippen molar-refractivity contribution in [3.05, 3.63) is 29.8 Å². The SMILES string of the molecule is CC(C)(C)OC(=O)NCC1CCCCN1C(=O)c1cccc(S(C)(=O)=O)c1. The topological polar surface area (TPSA) is 92.8 Å². The molecular formula is C19H28N2O5S. The molecule has 1 aliphatic rings. The molecule has 1 N–H and O–H groups in total. The van der Waals surface area contributed by atoms with Gasteiger partial charge in [-0.1, -0.05) is 6.07 Å². The van der Waals surface area contributed by atoms with Gasteiger partial charge in [-0.25, -0.2) is 13.2 Å². The molecule has 1 heterocycles. The highest BCUT2D eigenvalue weighted by Crippen LogP contribution is 2.21. The number of benzene rings is 1. The number of likely N-dealkylation sites (tertiary alicyclic amines) is 1. The molecule has 1 aromatic carbocycles. The standard InChI is InChI=1S/C19H28N2O5S/c1-19(2,3)26-18(23)20-13-15-9-5-6-11-21(15)17(22)14-8-7-10-16(12-14)27(4,24)25/h7-8,10,12,15H,5-6,9,11,13H2,1-4H3,(H,20,23). The second kappa shape index (κ2) is 8.29. The van der Waals surface area contributed by atoms with E-state index in [1.807, 2.05) is 0 Å². The van der Waals surface area contributed by atoms with E-state index in [2.05, 4.69) is 5.32 Å². The third kappa shape index (κ3) is 6.23. The van der Waals surface area contributed by atoms with Crippen LogP contribution in [0.2, 0.25) is 0 Å². The van der Waals surface area contributed by atoms with Crippen molar-refractivity contribution in [1.82, 2.24) is 10.2 Å². The molecule has 1 atom stereocenters. The lowest BCUT2D eigenvalue weighted by Crippen LogP contribution is -2.50. The molecule has 1 aromatic rings. The summed E-state index contributed by atoms with van der Waals surface area (Å²) in [5, 5.41) is 2.73. The van der Waals surface area contributed by atoms with E-state index in [0.717, 1.165) is 25.5 Å². The number of ether oxygens (including phenoxy) is 1. The van der Waals surface area contributed by atoms with E-state index in [1.54, 1.807) is 37.8 Å². The Hall–Kier alpha value is -2.09. The largest absolute Gasteiger partial charge is 0.444 e. The molecule has 0 spiro atoms. The summed E-state index contributed by atoms with van der Waals surface area (Å²) in [4.78, 5) is 26.7. The number of sulfone groups is 1. The predicted molar refractivity (Wildman–Crippen MR) is 102 cm³/mol. The van der Waals surface area contributed by atoms with Crippen LogP contribution in [-0.4, -0.2) is 56.3 Å². The van der Waals surface area contributed by atoms with Gasteiger partial charge in [0.1, 0.15) is 5.60 Å². The summed E-state index contributed by atoms with van der Waals surface area (Å²) in [5.41, 5.74) is -0.250. The lowest BCUT2D eigenvalue weighted by Gasteiger charge is -2.36. The first-order valence-corrected chi connectivity index (χ1v) is 10.9. The van der Waals surface area contributed by atoms with E-state index in [4.69, 9.17) is 4.74 Å². The van der Waals surface area contributed by atoms with Gasteiger partial charge in [0.15, 0.2) is 9.84 Å². The van der Waals surface area contributed by atoms with Crippen LogP contribution in [0.3, 0.4) is 0 Å². The van der Waals surface area contributed by atoms with E-state index in [9.17, 15) is 18.0 Å². The molecule has 0 aromatic heterocycles. The quantitative estimate of drug-likeness (QED) is 0.844. The van der Waals surface area contributed by atoms with E-state index >= 15 is 0 Å². The lowest BCUT2D eigenvalue weighted by atomic mass is 10.0. The average Bonchev–Trinajstić information content (AvgIpc) is 2.57. The van der Waals surface area contributed by atoms with Crippen LogP contribution >= 0.6 is 0 Å². The van der Waals surface area contributed by atoms with Gasteiger partial charge in [-0.05, 0) is 58.2 Å². The normalized spacial score (nSPS) is 18.1. The number of nitrogens with zero attached hydrogens (tertiary/aromatic N) is 1. The number of nitrogens with one attached hydrogen (secondary N) is 1. The van der Waals surface area contributed by atoms with Crippen LogP contribution in [0.4, 0.5) is 4.79 Å². The van der Waals surface area contributed by atoms with Gasteiger partial charge in [0, 0.05) is 31.0 Å². The molecule has 0 saturated carbocycles. The number of rotatable bonds is 4. The Balaban J connectivity index is 2.10. The first-order chi connectivity index (χ1) is 12.5. The van der Waals surface area contributed by atoms with Crippen molar-refractivity contribution in [2.75, 3.05) is 19.3 Å². The molecule has 1 fully saturated rings. The maximum Gasteiger partial charge on any atom is 0.407 e. The Morgan fingerprint density at radius 1 is 1.26 bits per heavy atom. The summed E-state index contributed by atoms with van der Waals surface area (Å²) in [6.07, 6.45) is 3.21. The summed E-state index contributed by atoms with van der Waals surface area (Å²) in [5.74, 6) is -0.226. The maximum absolute atomic E-state index is 12.9. The molecular weight excluding hydrogens is 368 g/mol. The first kappa shape index (κ1) is 21.2. The van der Waals surface area contributed by atoms with Gasteiger partial charge in [-0.3, -0.25) is 4.79 Å². The second-order valence-corrected chi connectivity index (χ2v) is 9.85. The predicted octanol–water partition coefficient (Wildman–Crippen LogP) is 2.61. The fourth-order valence-electron chi connectivity index (χ4n) is 3.02. The summed E-state index contributed by atoms with van der Waals surface area (Å²) in [6, 6.07) is 5.92. The van der Waals surface area contributed by atoms with Crippen molar-refractivity contribution in [2.24, 2.45) is 0 Å². The molecule has 1 saturated heterocycles. The fraction of sp³-hybridized carbons (Fsp3) is 0.579. The lowest BCUT2D eigenvalue weighted by molar-refractivity contribution is 0.0462. The number of carbonyl (C=O) groups is 2. The Bertz CT molecular complexity index is 799. The molecule has 1 unspecified atom stereocenters. The van der Waals surface area contributed by atoms with Crippen molar-refractivity contribution < 1.29 is 22.7 Å². The highest BCUT2D eigenvalue weighted by atomic mass is 32.2. The third-order valence-electron chi connectivity index (χ3n) is 4.28. The van der Waals surface area contributed by atoms with E-state index in [1.165, 1.54) is 12.1 Å². The second-order valence-electron chi connectivity index (χ2n) is 7.83. The van der Waals surface area contributed by atoms with Crippen LogP contribution in [0, 0.1) is 0 Å². The smallest absolute Gasteiger partial charge is 0.407 e. The third-order valence-corrected chi connectivity index (χ3v) is 5.39. The number of hydrogen-bond acceptors (Lipinski definition) is 5. The number of carbonyl (C=O) groups excluding carboxylic acids is 2. The molecule has 2 rings (SSSR count). The van der Waals surface area contributed by atoms with Gasteiger partial charge in [-0.15, -0.1) is 0 Å². The van der Waals surface area contributed by atoms with Crippen LogP contribution in [0.1, 0.15) is 50.4 Å². The van der Waals surface area contributed by atoms with Crippen molar-refractivity contribution >= 4 is 21.8 Å². The maximum atomic E-state index is 12.9. The molecule has 7 nitrogen and oxygen atoms in total. The summed E-state index contributed by atoms with van der Waals surface area (Å²) in [7, 11) is -3.39. The van der Waals surface area contributed by atoms with Crippen LogP contribution < -0.4 is 5.32 Å². The van der Waals surface area contributed by atoms with Crippen LogP contribution in [0.5, 0.6) is 0 Å². The average molecular weight is 397 g/mol. The van der Waals surface area contributed by atoms with Crippen molar-refractivity contribution in [1.29, 1.82) is 0 Å². The Labute approximate surface area is 161 Å². The Kier molecular flexibility index (Phi) is 6.51. The number of piperidine rings is 1. The van der Waals surface area contributed by atoms with Gasteiger partial charge >= 0.3 is 6.09 Å². The monoisotopic (exact) mass is 396 g/mol. The van der Waals surface area contributed by atoms with E-state index < -0.39 is 21.5 Å². The zero-order valence-electron chi connectivity index (χ0n) is 16.3. The van der Waals surface area contributed by atoms with Crippen molar-refractivity contribution in [2.45, 2.75) is 56.6 Å². The molecule has 27 heavy (non-hydrogen) atoms. The minimum atomic E-state index is -3.39. The first-order valence-electron chi connectivity index (χ1n) is 9.05. The molecule has 1 aliphatic heterocycles. The number of alkyl carbamates (subject to hydrolysis) is 1. The number of amides is 2.